The van der Waals surface area contributed by atoms with E-state index in [-0.39, 0.29) is 11.8 Å². The number of piperidine rings is 1. The van der Waals surface area contributed by atoms with E-state index in [2.05, 4.69) is 24.9 Å². The number of benzene rings is 1. The lowest BCUT2D eigenvalue weighted by Crippen LogP contribution is -2.63. The number of rotatable bonds is 5. The number of likely N-dealkylation sites (N-methyl/N-ethyl adjacent to an activating group) is 1. The van der Waals surface area contributed by atoms with Crippen molar-refractivity contribution in [1.29, 1.82) is 0 Å². The van der Waals surface area contributed by atoms with E-state index in [1.54, 1.807) is 0 Å². The number of hydrogen-bond donors (Lipinski definition) is 0. The first-order valence-corrected chi connectivity index (χ1v) is 13.3. The van der Waals surface area contributed by atoms with Gasteiger partial charge in [0.2, 0.25) is 11.5 Å². The highest BCUT2D eigenvalue weighted by atomic mass is 35.5. The van der Waals surface area contributed by atoms with Crippen LogP contribution < -0.4 is 0 Å². The van der Waals surface area contributed by atoms with Crippen LogP contribution in [0.25, 0.3) is 0 Å². The fourth-order valence-corrected chi connectivity index (χ4v) is 5.80. The molecule has 1 aromatic rings. The van der Waals surface area contributed by atoms with Crippen molar-refractivity contribution in [3.05, 3.63) is 58.3 Å². The van der Waals surface area contributed by atoms with Crippen molar-refractivity contribution in [3.63, 3.8) is 0 Å². The fraction of sp³-hybridized carbons (Fsp3) is 0.571. The molecule has 2 saturated heterocycles. The van der Waals surface area contributed by atoms with E-state index in [0.29, 0.717) is 37.6 Å². The van der Waals surface area contributed by atoms with E-state index in [1.807, 2.05) is 40.1 Å². The topological polar surface area (TPSA) is 53.1 Å². The monoisotopic (exact) mass is 497 g/mol. The van der Waals surface area contributed by atoms with Gasteiger partial charge in [-0.1, -0.05) is 35.4 Å². The van der Waals surface area contributed by atoms with Crippen LogP contribution in [0.2, 0.25) is 5.02 Å². The molecule has 188 valence electrons. The first kappa shape index (κ1) is 24.4. The number of halogens is 1. The number of nitrogens with zero attached hydrogens (tertiary/aromatic N) is 3. The third-order valence-electron chi connectivity index (χ3n) is 8.12. The van der Waals surface area contributed by atoms with Crippen LogP contribution in [0.4, 0.5) is 0 Å². The predicted molar refractivity (Wildman–Crippen MR) is 137 cm³/mol. The molecule has 1 atom stereocenters. The average Bonchev–Trinajstić information content (AvgIpc) is 3.68. The molecule has 3 fully saturated rings. The van der Waals surface area contributed by atoms with Crippen LogP contribution in [0, 0.1) is 0 Å². The lowest BCUT2D eigenvalue weighted by molar-refractivity contribution is -0.165. The van der Waals surface area contributed by atoms with Gasteiger partial charge >= 0.3 is 0 Å². The van der Waals surface area contributed by atoms with Crippen molar-refractivity contribution in [1.82, 2.24) is 14.7 Å². The molecule has 1 unspecified atom stereocenters. The smallest absolute Gasteiger partial charge is 0.268 e. The zero-order chi connectivity index (χ0) is 24.6. The summed E-state index contributed by atoms with van der Waals surface area (Å²) in [6.45, 7) is 6.19. The molecule has 4 aliphatic rings. The molecule has 35 heavy (non-hydrogen) atoms. The van der Waals surface area contributed by atoms with Crippen molar-refractivity contribution in [2.75, 3.05) is 46.3 Å². The Balaban J connectivity index is 1.41. The second kappa shape index (κ2) is 9.62. The molecular formula is C28H36ClN3O3. The number of piperazine rings is 1. The molecule has 2 aliphatic carbocycles. The number of allylic oxidation sites excluding steroid dienone is 4. The zero-order valence-electron chi connectivity index (χ0n) is 20.9. The Morgan fingerprint density at radius 3 is 2.23 bits per heavy atom. The van der Waals surface area contributed by atoms with Gasteiger partial charge in [0.05, 0.1) is 17.7 Å². The zero-order valence-corrected chi connectivity index (χ0v) is 21.6. The van der Waals surface area contributed by atoms with Crippen LogP contribution in [-0.2, 0) is 19.7 Å². The molecule has 1 aromatic carbocycles. The maximum atomic E-state index is 14.0. The minimum atomic E-state index is -1.02. The summed E-state index contributed by atoms with van der Waals surface area (Å²) in [5.41, 5.74) is 0.820. The van der Waals surface area contributed by atoms with Gasteiger partial charge in [0, 0.05) is 44.2 Å². The molecule has 2 amide bonds. The molecular weight excluding hydrogens is 462 g/mol. The number of hydrogen-bond acceptors (Lipinski definition) is 4. The summed E-state index contributed by atoms with van der Waals surface area (Å²) in [4.78, 5) is 34.1. The highest BCUT2D eigenvalue weighted by molar-refractivity contribution is 6.30. The third kappa shape index (κ3) is 4.88. The van der Waals surface area contributed by atoms with Gasteiger partial charge in [0.1, 0.15) is 0 Å². The lowest BCUT2D eigenvalue weighted by atomic mass is 9.87. The van der Waals surface area contributed by atoms with Gasteiger partial charge in [-0.3, -0.25) is 9.59 Å². The van der Waals surface area contributed by atoms with E-state index >= 15 is 0 Å². The molecule has 0 bridgehead atoms. The summed E-state index contributed by atoms with van der Waals surface area (Å²) < 4.78 is 6.65. The molecule has 0 N–H and O–H groups in total. The Labute approximate surface area is 213 Å². The van der Waals surface area contributed by atoms with Gasteiger partial charge < -0.3 is 19.4 Å². The van der Waals surface area contributed by atoms with Gasteiger partial charge in [-0.2, -0.15) is 0 Å². The molecule has 2 heterocycles. The molecule has 1 saturated carbocycles. The van der Waals surface area contributed by atoms with E-state index in [9.17, 15) is 9.59 Å². The van der Waals surface area contributed by atoms with Crippen molar-refractivity contribution in [2.45, 2.75) is 56.5 Å². The van der Waals surface area contributed by atoms with Gasteiger partial charge in [0.15, 0.2) is 0 Å². The van der Waals surface area contributed by atoms with Gasteiger partial charge in [-0.15, -0.1) is 0 Å². The standard InChI is InChI=1S/C28H36ClN3O3/c1-21-4-10-24(11-5-21)35-28(26(34)31-18-16-30(2)17-19-31)12-3-15-32(20-28)25(33)27(13-14-27)22-6-8-23(29)9-7-22/h4,6-10H,3,5,11-20H2,1-2H3. The van der Waals surface area contributed by atoms with Crippen LogP contribution >= 0.6 is 11.6 Å². The van der Waals surface area contributed by atoms with Crippen LogP contribution in [0.5, 0.6) is 0 Å². The SMILES string of the molecule is CC1=CC=C(OC2(C(=O)N3CCN(C)CC3)CCCN(C(=O)C3(c4ccc(Cl)cc4)CC3)C2)CC1. The Kier molecular flexibility index (Phi) is 6.71. The summed E-state index contributed by atoms with van der Waals surface area (Å²) in [5, 5.41) is 0.671. The van der Waals surface area contributed by atoms with Crippen LogP contribution in [-0.4, -0.2) is 78.4 Å². The lowest BCUT2D eigenvalue weighted by Gasteiger charge is -2.46. The van der Waals surface area contributed by atoms with Gasteiger partial charge in [0.25, 0.3) is 5.91 Å². The summed E-state index contributed by atoms with van der Waals surface area (Å²) in [7, 11) is 2.09. The molecule has 5 rings (SSSR count). The van der Waals surface area contributed by atoms with Gasteiger partial charge in [-0.25, -0.2) is 0 Å². The van der Waals surface area contributed by atoms with Crippen LogP contribution in [0.15, 0.2) is 47.7 Å². The molecule has 0 spiro atoms. The molecule has 6 nitrogen and oxygen atoms in total. The number of carbonyl (C=O) groups is 2. The van der Waals surface area contributed by atoms with Crippen LogP contribution in [0.3, 0.4) is 0 Å². The minimum Gasteiger partial charge on any atom is -0.480 e. The molecule has 0 radical (unpaired) electrons. The fourth-order valence-electron chi connectivity index (χ4n) is 5.68. The maximum Gasteiger partial charge on any atom is 0.268 e. The Morgan fingerprint density at radius 2 is 1.60 bits per heavy atom. The highest BCUT2D eigenvalue weighted by Gasteiger charge is 2.56. The average molecular weight is 498 g/mol. The number of likely N-dealkylation sites (tertiary alicyclic amines) is 1. The van der Waals surface area contributed by atoms with E-state index in [1.165, 1.54) is 5.57 Å². The summed E-state index contributed by atoms with van der Waals surface area (Å²) >= 11 is 6.10. The van der Waals surface area contributed by atoms with Crippen LogP contribution in [0.1, 0.15) is 51.0 Å². The highest BCUT2D eigenvalue weighted by Crippen LogP contribution is 2.50. The molecule has 7 heteroatoms. The van der Waals surface area contributed by atoms with Gasteiger partial charge in [-0.05, 0) is 69.8 Å². The largest absolute Gasteiger partial charge is 0.480 e. The second-order valence-electron chi connectivity index (χ2n) is 10.8. The number of ether oxygens (including phenoxy) is 1. The second-order valence-corrected chi connectivity index (χ2v) is 11.2. The molecule has 2 aliphatic heterocycles. The summed E-state index contributed by atoms with van der Waals surface area (Å²) in [6.07, 6.45) is 8.88. The van der Waals surface area contributed by atoms with Crippen molar-refractivity contribution in [2.24, 2.45) is 0 Å². The maximum absolute atomic E-state index is 14.0. The number of carbonyl (C=O) groups excluding carboxylic acids is 2. The predicted octanol–water partition coefficient (Wildman–Crippen LogP) is 4.15. The summed E-state index contributed by atoms with van der Waals surface area (Å²) in [5.74, 6) is 1.00. The normalized spacial score (nSPS) is 26.6. The van der Waals surface area contributed by atoms with Crippen molar-refractivity contribution < 1.29 is 14.3 Å². The minimum absolute atomic E-state index is 0.0339. The Bertz CT molecular complexity index is 1040. The number of amides is 2. The van der Waals surface area contributed by atoms with E-state index < -0.39 is 11.0 Å². The van der Waals surface area contributed by atoms with E-state index in [4.69, 9.17) is 16.3 Å². The molecule has 0 aromatic heterocycles. The Hall–Kier alpha value is -2.31. The first-order chi connectivity index (χ1) is 16.8. The van der Waals surface area contributed by atoms with Crippen molar-refractivity contribution in [3.8, 4) is 0 Å². The Morgan fingerprint density at radius 1 is 0.886 bits per heavy atom. The first-order valence-electron chi connectivity index (χ1n) is 12.9. The van der Waals surface area contributed by atoms with Crippen molar-refractivity contribution >= 4 is 23.4 Å². The third-order valence-corrected chi connectivity index (χ3v) is 8.38. The van der Waals surface area contributed by atoms with E-state index in [0.717, 1.165) is 56.5 Å². The quantitative estimate of drug-likeness (QED) is 0.613. The summed E-state index contributed by atoms with van der Waals surface area (Å²) in [6, 6.07) is 7.65.